The van der Waals surface area contributed by atoms with Crippen LogP contribution in [0.4, 0.5) is 10.7 Å². The number of hydrogen-bond donors (Lipinski definition) is 2. The molecule has 1 atom stereocenters. The van der Waals surface area contributed by atoms with Crippen LogP contribution in [0.3, 0.4) is 0 Å². The number of thioether (sulfide) groups is 1. The predicted molar refractivity (Wildman–Crippen MR) is 88.0 cm³/mol. The van der Waals surface area contributed by atoms with Crippen LogP contribution in [0.5, 0.6) is 0 Å². The minimum absolute atomic E-state index is 0.396. The first-order valence-electron chi connectivity index (χ1n) is 6.67. The van der Waals surface area contributed by atoms with Gasteiger partial charge in [-0.3, -0.25) is 4.79 Å². The van der Waals surface area contributed by atoms with Gasteiger partial charge in [0.15, 0.2) is 0 Å². The molecule has 1 fully saturated rings. The number of nitrogens with two attached hydrogens (primary N) is 2. The van der Waals surface area contributed by atoms with Crippen molar-refractivity contribution in [2.24, 2.45) is 5.73 Å². The summed E-state index contributed by atoms with van der Waals surface area (Å²) in [5.41, 5.74) is 12.0. The summed E-state index contributed by atoms with van der Waals surface area (Å²) in [6.07, 6.45) is 3.10. The predicted octanol–water partition coefficient (Wildman–Crippen LogP) is 1.68. The molecule has 0 radical (unpaired) electrons. The Bertz CT molecular complexity index is 503. The SMILES string of the molecule is CSc1c(N2CCCN(C)CC2C)sc(C(N)=O)c1N. The number of carbonyl (C=O) groups is 1. The van der Waals surface area contributed by atoms with Crippen molar-refractivity contribution < 1.29 is 4.79 Å². The van der Waals surface area contributed by atoms with E-state index in [0.717, 1.165) is 36.0 Å². The van der Waals surface area contributed by atoms with Crippen molar-refractivity contribution in [3.05, 3.63) is 4.88 Å². The maximum absolute atomic E-state index is 11.5. The molecular weight excluding hydrogens is 292 g/mol. The Morgan fingerprint density at radius 3 is 2.75 bits per heavy atom. The second-order valence-corrected chi connectivity index (χ2v) is 7.02. The third-order valence-electron chi connectivity index (χ3n) is 3.62. The molecule has 1 aromatic rings. The molecule has 2 heterocycles. The monoisotopic (exact) mass is 314 g/mol. The molecule has 1 aromatic heterocycles. The first-order valence-corrected chi connectivity index (χ1v) is 8.71. The Kier molecular flexibility index (Phi) is 4.82. The molecule has 0 bridgehead atoms. The Morgan fingerprint density at radius 1 is 1.45 bits per heavy atom. The molecule has 0 aliphatic carbocycles. The first kappa shape index (κ1) is 15.5. The number of carbonyl (C=O) groups excluding carboxylic acids is 1. The number of nitrogen functional groups attached to an aromatic ring is 1. The second kappa shape index (κ2) is 6.24. The smallest absolute Gasteiger partial charge is 0.261 e. The summed E-state index contributed by atoms with van der Waals surface area (Å²) < 4.78 is 0. The average Bonchev–Trinajstić information content (AvgIpc) is 2.61. The minimum Gasteiger partial charge on any atom is -0.396 e. The minimum atomic E-state index is -0.436. The number of hydrogen-bond acceptors (Lipinski definition) is 6. The van der Waals surface area contributed by atoms with Gasteiger partial charge in [0, 0.05) is 19.1 Å². The zero-order chi connectivity index (χ0) is 14.9. The fourth-order valence-corrected chi connectivity index (χ4v) is 4.81. The number of likely N-dealkylation sites (N-methyl/N-ethyl adjacent to an activating group) is 1. The fraction of sp³-hybridized carbons (Fsp3) is 0.615. The molecule has 1 aliphatic heterocycles. The first-order chi connectivity index (χ1) is 9.45. The average molecular weight is 314 g/mol. The Labute approximate surface area is 128 Å². The van der Waals surface area contributed by atoms with Crippen molar-refractivity contribution >= 4 is 39.7 Å². The molecular formula is C13H22N4OS2. The molecule has 1 saturated heterocycles. The highest BCUT2D eigenvalue weighted by Gasteiger charge is 2.27. The highest BCUT2D eigenvalue weighted by atomic mass is 32.2. The number of primary amides is 1. The van der Waals surface area contributed by atoms with E-state index in [2.05, 4.69) is 23.8 Å². The van der Waals surface area contributed by atoms with Gasteiger partial charge in [-0.15, -0.1) is 23.1 Å². The third-order valence-corrected chi connectivity index (χ3v) is 5.83. The highest BCUT2D eigenvalue weighted by molar-refractivity contribution is 7.99. The summed E-state index contributed by atoms with van der Waals surface area (Å²) in [5.74, 6) is -0.436. The highest BCUT2D eigenvalue weighted by Crippen LogP contribution is 2.44. The largest absolute Gasteiger partial charge is 0.396 e. The van der Waals surface area contributed by atoms with E-state index in [1.54, 1.807) is 11.8 Å². The van der Waals surface area contributed by atoms with Crippen LogP contribution in [0.15, 0.2) is 4.90 Å². The standard InChI is InChI=1S/C13H22N4OS2/c1-8-7-16(2)5-4-6-17(8)13-11(19-3)9(14)10(20-13)12(15)18/h8H,4-7,14H2,1-3H3,(H2,15,18). The topological polar surface area (TPSA) is 75.6 Å². The third kappa shape index (κ3) is 2.89. The molecule has 1 aliphatic rings. The van der Waals surface area contributed by atoms with Crippen LogP contribution in [0.25, 0.3) is 0 Å². The van der Waals surface area contributed by atoms with Crippen LogP contribution in [0.1, 0.15) is 23.0 Å². The molecule has 112 valence electrons. The van der Waals surface area contributed by atoms with E-state index >= 15 is 0 Å². The molecule has 5 nitrogen and oxygen atoms in total. The summed E-state index contributed by atoms with van der Waals surface area (Å²) in [7, 11) is 2.15. The van der Waals surface area contributed by atoms with Crippen LogP contribution in [0, 0.1) is 0 Å². The lowest BCUT2D eigenvalue weighted by atomic mass is 10.2. The van der Waals surface area contributed by atoms with Gasteiger partial charge < -0.3 is 21.3 Å². The molecule has 1 amide bonds. The number of anilines is 2. The molecule has 20 heavy (non-hydrogen) atoms. The van der Waals surface area contributed by atoms with Crippen molar-refractivity contribution in [3.63, 3.8) is 0 Å². The number of amides is 1. The normalized spacial score (nSPS) is 20.9. The molecule has 0 spiro atoms. The van der Waals surface area contributed by atoms with Gasteiger partial charge in [-0.2, -0.15) is 0 Å². The van der Waals surface area contributed by atoms with Crippen LogP contribution < -0.4 is 16.4 Å². The van der Waals surface area contributed by atoms with E-state index in [9.17, 15) is 4.79 Å². The maximum atomic E-state index is 11.5. The molecule has 0 saturated carbocycles. The summed E-state index contributed by atoms with van der Waals surface area (Å²) in [6.45, 7) is 5.31. The summed E-state index contributed by atoms with van der Waals surface area (Å²) in [6, 6.07) is 0.396. The lowest BCUT2D eigenvalue weighted by Crippen LogP contribution is -2.37. The molecule has 7 heteroatoms. The Balaban J connectivity index is 2.40. The van der Waals surface area contributed by atoms with Crippen LogP contribution in [0.2, 0.25) is 0 Å². The van der Waals surface area contributed by atoms with Gasteiger partial charge in [0.2, 0.25) is 0 Å². The van der Waals surface area contributed by atoms with Gasteiger partial charge in [-0.05, 0) is 33.2 Å². The lowest BCUT2D eigenvalue weighted by Gasteiger charge is -2.29. The van der Waals surface area contributed by atoms with Gasteiger partial charge in [-0.25, -0.2) is 0 Å². The Morgan fingerprint density at radius 2 is 2.15 bits per heavy atom. The zero-order valence-electron chi connectivity index (χ0n) is 12.2. The van der Waals surface area contributed by atoms with Crippen LogP contribution in [-0.2, 0) is 0 Å². The van der Waals surface area contributed by atoms with Crippen LogP contribution >= 0.6 is 23.1 Å². The van der Waals surface area contributed by atoms with Gasteiger partial charge in [0.05, 0.1) is 10.6 Å². The van der Waals surface area contributed by atoms with Gasteiger partial charge in [-0.1, -0.05) is 0 Å². The van der Waals surface area contributed by atoms with E-state index in [1.807, 2.05) is 6.26 Å². The fourth-order valence-electron chi connectivity index (χ4n) is 2.66. The number of rotatable bonds is 3. The van der Waals surface area contributed by atoms with Gasteiger partial charge >= 0.3 is 0 Å². The van der Waals surface area contributed by atoms with Crippen molar-refractivity contribution in [1.82, 2.24) is 4.90 Å². The quantitative estimate of drug-likeness (QED) is 0.830. The van der Waals surface area contributed by atoms with E-state index in [1.165, 1.54) is 11.3 Å². The number of nitrogens with zero attached hydrogens (tertiary/aromatic N) is 2. The van der Waals surface area contributed by atoms with E-state index in [0.29, 0.717) is 16.6 Å². The van der Waals surface area contributed by atoms with Gasteiger partial charge in [0.1, 0.15) is 9.88 Å². The van der Waals surface area contributed by atoms with E-state index in [-0.39, 0.29) is 0 Å². The van der Waals surface area contributed by atoms with E-state index < -0.39 is 5.91 Å². The van der Waals surface area contributed by atoms with Gasteiger partial charge in [0.25, 0.3) is 5.91 Å². The van der Waals surface area contributed by atoms with Crippen molar-refractivity contribution in [3.8, 4) is 0 Å². The molecule has 1 unspecified atom stereocenters. The summed E-state index contributed by atoms with van der Waals surface area (Å²) >= 11 is 3.01. The zero-order valence-corrected chi connectivity index (χ0v) is 13.8. The number of thiophene rings is 1. The summed E-state index contributed by atoms with van der Waals surface area (Å²) in [5, 5.41) is 1.09. The van der Waals surface area contributed by atoms with Crippen molar-refractivity contribution in [2.75, 3.05) is 43.6 Å². The lowest BCUT2D eigenvalue weighted by molar-refractivity contribution is 0.100. The maximum Gasteiger partial charge on any atom is 0.261 e. The van der Waals surface area contributed by atoms with Crippen LogP contribution in [-0.4, -0.2) is 49.8 Å². The second-order valence-electron chi connectivity index (χ2n) is 5.21. The molecule has 0 aromatic carbocycles. The molecule has 4 N–H and O–H groups in total. The molecule has 2 rings (SSSR count). The Hall–Kier alpha value is -0.920. The van der Waals surface area contributed by atoms with Crippen molar-refractivity contribution in [2.45, 2.75) is 24.3 Å². The van der Waals surface area contributed by atoms with E-state index in [4.69, 9.17) is 11.5 Å². The van der Waals surface area contributed by atoms with Crippen molar-refractivity contribution in [1.29, 1.82) is 0 Å². The summed E-state index contributed by atoms with van der Waals surface area (Å²) in [4.78, 5) is 17.7.